The Morgan fingerprint density at radius 1 is 1.15 bits per heavy atom. The van der Waals surface area contributed by atoms with Gasteiger partial charge in [0.15, 0.2) is 11.5 Å². The van der Waals surface area contributed by atoms with E-state index in [4.69, 9.17) is 0 Å². The van der Waals surface area contributed by atoms with Crippen LogP contribution in [0.1, 0.15) is 29.8 Å². The van der Waals surface area contributed by atoms with Gasteiger partial charge in [-0.2, -0.15) is 0 Å². The van der Waals surface area contributed by atoms with Crippen molar-refractivity contribution in [1.82, 2.24) is 25.2 Å². The number of pyridine rings is 1. The standard InChI is InChI=1S/C20H21N5O/c26-19(22-13-18-24-23-17-7-3-4-10-25(17)18)21-12-15-11-20(15)9-8-14-5-1-2-6-16(14)20/h1-7,10,15H,8-9,11-13H2,(H2,21,22,26). The Labute approximate surface area is 151 Å². The lowest BCUT2D eigenvalue weighted by molar-refractivity contribution is 0.239. The molecule has 132 valence electrons. The first kappa shape index (κ1) is 15.4. The van der Waals surface area contributed by atoms with Crippen LogP contribution in [-0.2, 0) is 18.4 Å². The molecule has 3 aromatic rings. The number of fused-ring (bicyclic) bond motifs is 3. The number of nitrogens with zero attached hydrogens (tertiary/aromatic N) is 3. The van der Waals surface area contributed by atoms with Gasteiger partial charge in [0.2, 0.25) is 0 Å². The van der Waals surface area contributed by atoms with Gasteiger partial charge in [-0.05, 0) is 48.4 Å². The maximum atomic E-state index is 12.2. The van der Waals surface area contributed by atoms with Gasteiger partial charge in [-0.3, -0.25) is 4.40 Å². The minimum Gasteiger partial charge on any atom is -0.338 e. The molecule has 0 saturated heterocycles. The molecule has 1 aromatic carbocycles. The molecule has 5 rings (SSSR count). The maximum absolute atomic E-state index is 12.2. The molecule has 1 spiro atoms. The summed E-state index contributed by atoms with van der Waals surface area (Å²) in [5.41, 5.74) is 4.08. The van der Waals surface area contributed by atoms with Gasteiger partial charge in [0, 0.05) is 18.2 Å². The number of aryl methyl sites for hydroxylation is 1. The Bertz CT molecular complexity index is 981. The largest absolute Gasteiger partial charge is 0.338 e. The molecule has 2 atom stereocenters. The maximum Gasteiger partial charge on any atom is 0.315 e. The molecule has 0 radical (unpaired) electrons. The zero-order chi connectivity index (χ0) is 17.6. The molecule has 2 N–H and O–H groups in total. The van der Waals surface area contributed by atoms with Crippen LogP contribution in [0, 0.1) is 5.92 Å². The highest BCUT2D eigenvalue weighted by Crippen LogP contribution is 2.61. The SMILES string of the molecule is O=C(NCc1nnc2ccccn12)NCC1CC12CCc1ccccc12. The molecule has 2 aliphatic carbocycles. The monoisotopic (exact) mass is 347 g/mol. The summed E-state index contributed by atoms with van der Waals surface area (Å²) < 4.78 is 1.88. The molecule has 2 aliphatic rings. The summed E-state index contributed by atoms with van der Waals surface area (Å²) in [6.45, 7) is 1.08. The van der Waals surface area contributed by atoms with E-state index in [1.54, 1.807) is 0 Å². The predicted octanol–water partition coefficient (Wildman–Crippen LogP) is 2.43. The summed E-state index contributed by atoms with van der Waals surface area (Å²) in [6, 6.07) is 14.3. The number of hydrogen-bond donors (Lipinski definition) is 2. The lowest BCUT2D eigenvalue weighted by Crippen LogP contribution is -2.37. The third-order valence-corrected chi connectivity index (χ3v) is 5.93. The van der Waals surface area contributed by atoms with Crippen LogP contribution in [0.15, 0.2) is 48.7 Å². The number of nitrogens with one attached hydrogen (secondary N) is 2. The molecule has 2 amide bonds. The molecule has 1 fully saturated rings. The van der Waals surface area contributed by atoms with Gasteiger partial charge in [-0.25, -0.2) is 4.79 Å². The first-order valence-corrected chi connectivity index (χ1v) is 9.15. The van der Waals surface area contributed by atoms with Crippen LogP contribution < -0.4 is 10.6 Å². The van der Waals surface area contributed by atoms with E-state index in [-0.39, 0.29) is 6.03 Å². The van der Waals surface area contributed by atoms with E-state index in [1.165, 1.54) is 30.4 Å². The van der Waals surface area contributed by atoms with E-state index >= 15 is 0 Å². The molecule has 0 aliphatic heterocycles. The molecule has 0 bridgehead atoms. The molecule has 6 nitrogen and oxygen atoms in total. The minimum absolute atomic E-state index is 0.147. The van der Waals surface area contributed by atoms with Crippen LogP contribution in [0.2, 0.25) is 0 Å². The average molecular weight is 347 g/mol. The van der Waals surface area contributed by atoms with Crippen molar-refractivity contribution in [1.29, 1.82) is 0 Å². The van der Waals surface area contributed by atoms with Crippen molar-refractivity contribution in [2.24, 2.45) is 5.92 Å². The van der Waals surface area contributed by atoms with E-state index in [0.717, 1.165) is 18.0 Å². The molecule has 1 saturated carbocycles. The Hall–Kier alpha value is -2.89. The summed E-state index contributed by atoms with van der Waals surface area (Å²) in [7, 11) is 0. The van der Waals surface area contributed by atoms with E-state index in [9.17, 15) is 4.79 Å². The normalized spacial score (nSPS) is 23.2. The molecule has 2 aromatic heterocycles. The van der Waals surface area contributed by atoms with E-state index in [0.29, 0.717) is 17.9 Å². The van der Waals surface area contributed by atoms with Crippen LogP contribution in [0.4, 0.5) is 4.79 Å². The number of aromatic nitrogens is 3. The van der Waals surface area contributed by atoms with Crippen molar-refractivity contribution in [3.8, 4) is 0 Å². The van der Waals surface area contributed by atoms with Crippen molar-refractivity contribution in [3.63, 3.8) is 0 Å². The van der Waals surface area contributed by atoms with E-state index in [2.05, 4.69) is 45.1 Å². The second-order valence-corrected chi connectivity index (χ2v) is 7.32. The summed E-state index contributed by atoms with van der Waals surface area (Å²) >= 11 is 0. The Morgan fingerprint density at radius 3 is 3.00 bits per heavy atom. The number of carbonyl (C=O) groups excluding carboxylic acids is 1. The molecular formula is C20H21N5O. The van der Waals surface area contributed by atoms with Crippen molar-refractivity contribution in [3.05, 3.63) is 65.6 Å². The molecule has 2 unspecified atom stereocenters. The Morgan fingerprint density at radius 2 is 2.04 bits per heavy atom. The van der Waals surface area contributed by atoms with Gasteiger partial charge < -0.3 is 10.6 Å². The highest BCUT2D eigenvalue weighted by atomic mass is 16.2. The lowest BCUT2D eigenvalue weighted by Gasteiger charge is -2.12. The molecular weight excluding hydrogens is 326 g/mol. The van der Waals surface area contributed by atoms with Crippen molar-refractivity contribution < 1.29 is 4.79 Å². The topological polar surface area (TPSA) is 71.3 Å². The fraction of sp³-hybridized carbons (Fsp3) is 0.350. The van der Waals surface area contributed by atoms with Crippen LogP contribution >= 0.6 is 0 Å². The summed E-state index contributed by atoms with van der Waals surface area (Å²) in [6.07, 6.45) is 5.46. The van der Waals surface area contributed by atoms with Crippen LogP contribution in [0.3, 0.4) is 0 Å². The smallest absolute Gasteiger partial charge is 0.315 e. The van der Waals surface area contributed by atoms with Gasteiger partial charge in [0.1, 0.15) is 0 Å². The first-order valence-electron chi connectivity index (χ1n) is 9.15. The van der Waals surface area contributed by atoms with E-state index < -0.39 is 0 Å². The number of benzene rings is 1. The van der Waals surface area contributed by atoms with Crippen LogP contribution in [-0.4, -0.2) is 27.2 Å². The summed E-state index contributed by atoms with van der Waals surface area (Å²) in [5.74, 6) is 1.27. The minimum atomic E-state index is -0.147. The van der Waals surface area contributed by atoms with Crippen molar-refractivity contribution in [2.45, 2.75) is 31.2 Å². The predicted molar refractivity (Wildman–Crippen MR) is 97.8 cm³/mol. The third kappa shape index (κ3) is 2.44. The molecule has 26 heavy (non-hydrogen) atoms. The summed E-state index contributed by atoms with van der Waals surface area (Å²) in [4.78, 5) is 12.2. The summed E-state index contributed by atoms with van der Waals surface area (Å²) in [5, 5.41) is 14.1. The lowest BCUT2D eigenvalue weighted by atomic mass is 9.95. The Kier molecular flexibility index (Phi) is 3.45. The number of hydrogen-bond acceptors (Lipinski definition) is 3. The van der Waals surface area contributed by atoms with Gasteiger partial charge in [-0.15, -0.1) is 10.2 Å². The number of rotatable bonds is 4. The average Bonchev–Trinajstić information content (AvgIpc) is 3.03. The Balaban J connectivity index is 1.16. The number of urea groups is 1. The van der Waals surface area contributed by atoms with Crippen molar-refractivity contribution >= 4 is 11.7 Å². The second kappa shape index (κ2) is 5.83. The van der Waals surface area contributed by atoms with Gasteiger partial charge in [-0.1, -0.05) is 30.3 Å². The zero-order valence-electron chi connectivity index (χ0n) is 14.5. The molecule has 6 heteroatoms. The quantitative estimate of drug-likeness (QED) is 0.761. The van der Waals surface area contributed by atoms with Crippen LogP contribution in [0.5, 0.6) is 0 Å². The second-order valence-electron chi connectivity index (χ2n) is 7.32. The third-order valence-electron chi connectivity index (χ3n) is 5.93. The van der Waals surface area contributed by atoms with Crippen LogP contribution in [0.25, 0.3) is 5.65 Å². The first-order chi connectivity index (χ1) is 12.8. The van der Waals surface area contributed by atoms with Gasteiger partial charge in [0.25, 0.3) is 0 Å². The zero-order valence-corrected chi connectivity index (χ0v) is 14.5. The fourth-order valence-electron chi connectivity index (χ4n) is 4.45. The molecule has 2 heterocycles. The number of carbonyl (C=O) groups is 1. The van der Waals surface area contributed by atoms with Gasteiger partial charge in [0.05, 0.1) is 6.54 Å². The highest BCUT2D eigenvalue weighted by molar-refractivity contribution is 5.73. The highest BCUT2D eigenvalue weighted by Gasteiger charge is 2.57. The van der Waals surface area contributed by atoms with Gasteiger partial charge >= 0.3 is 6.03 Å². The number of amides is 2. The van der Waals surface area contributed by atoms with Crippen molar-refractivity contribution in [2.75, 3.05) is 6.54 Å². The fourth-order valence-corrected chi connectivity index (χ4v) is 4.45. The van der Waals surface area contributed by atoms with E-state index in [1.807, 2.05) is 28.8 Å².